The number of hydrogen-bond donors (Lipinski definition) is 0. The Morgan fingerprint density at radius 3 is 2.67 bits per heavy atom. The van der Waals surface area contributed by atoms with Crippen LogP contribution in [-0.2, 0) is 4.79 Å². The number of likely N-dealkylation sites (tertiary alicyclic amines) is 1. The molecule has 0 aromatic heterocycles. The first-order valence-corrected chi connectivity index (χ1v) is 7.85. The summed E-state index contributed by atoms with van der Waals surface area (Å²) in [6.45, 7) is 8.56. The minimum atomic E-state index is -0.350. The molecule has 0 spiro atoms. The summed E-state index contributed by atoms with van der Waals surface area (Å²) in [6, 6.07) is 1.20. The van der Waals surface area contributed by atoms with Gasteiger partial charge in [-0.1, -0.05) is 25.6 Å². The molecule has 2 fully saturated rings. The van der Waals surface area contributed by atoms with Crippen LogP contribution < -0.4 is 0 Å². The molecule has 1 saturated carbocycles. The van der Waals surface area contributed by atoms with E-state index in [0.717, 1.165) is 11.1 Å². The molecule has 0 unspecified atom stereocenters. The van der Waals surface area contributed by atoms with E-state index in [4.69, 9.17) is 0 Å². The van der Waals surface area contributed by atoms with Crippen LogP contribution in [0.25, 0.3) is 0 Å². The second-order valence-corrected chi connectivity index (χ2v) is 7.86. The van der Waals surface area contributed by atoms with Gasteiger partial charge in [0.2, 0.25) is 0 Å². The molecule has 0 aromatic rings. The molecule has 1 aliphatic carbocycles. The lowest BCUT2D eigenvalue weighted by Crippen LogP contribution is -2.42. The molecule has 4 atom stereocenters. The number of amides is 1. The number of amidine groups is 1. The summed E-state index contributed by atoms with van der Waals surface area (Å²) in [5, 5.41) is 0.996. The summed E-state index contributed by atoms with van der Waals surface area (Å²) in [7, 11) is 0. The molecule has 18 heavy (non-hydrogen) atoms. The van der Waals surface area contributed by atoms with Crippen molar-refractivity contribution in [1.29, 1.82) is 0 Å². The number of hydrogen-bond acceptors (Lipinski definition) is 3. The summed E-state index contributed by atoms with van der Waals surface area (Å²) in [5.74, 6) is 1.21. The quantitative estimate of drug-likeness (QED) is 0.731. The van der Waals surface area contributed by atoms with Crippen LogP contribution in [-0.4, -0.2) is 32.8 Å². The predicted octanol–water partition coefficient (Wildman–Crippen LogP) is 2.90. The van der Waals surface area contributed by atoms with E-state index in [1.54, 1.807) is 11.8 Å². The van der Waals surface area contributed by atoms with Crippen LogP contribution in [0.2, 0.25) is 0 Å². The number of thioether (sulfide) groups is 1. The van der Waals surface area contributed by atoms with E-state index in [1.807, 2.05) is 6.92 Å². The van der Waals surface area contributed by atoms with Gasteiger partial charge in [0.1, 0.15) is 4.75 Å². The molecular formula is C14H22N2OS. The fraction of sp³-hybridized carbons (Fsp3) is 0.857. The van der Waals surface area contributed by atoms with E-state index in [9.17, 15) is 4.79 Å². The Morgan fingerprint density at radius 1 is 1.44 bits per heavy atom. The minimum Gasteiger partial charge on any atom is -0.345 e. The zero-order valence-corrected chi connectivity index (χ0v) is 12.5. The molecule has 3 rings (SSSR count). The van der Waals surface area contributed by atoms with Crippen molar-refractivity contribution in [2.75, 3.05) is 0 Å². The molecule has 0 radical (unpaired) electrons. The van der Waals surface area contributed by atoms with E-state index in [1.165, 1.54) is 19.3 Å². The van der Waals surface area contributed by atoms with Crippen LogP contribution in [0.3, 0.4) is 0 Å². The number of carbonyl (C=O) groups excluding carboxylic acids is 1. The largest absolute Gasteiger partial charge is 0.345 e. The average molecular weight is 266 g/mol. The highest BCUT2D eigenvalue weighted by Gasteiger charge is 2.51. The van der Waals surface area contributed by atoms with Crippen LogP contribution in [0.15, 0.2) is 4.99 Å². The Balaban J connectivity index is 1.84. The second-order valence-electron chi connectivity index (χ2n) is 6.44. The van der Waals surface area contributed by atoms with Crippen molar-refractivity contribution in [2.45, 2.75) is 63.8 Å². The first kappa shape index (κ1) is 12.5. The standard InChI is InChI=1S/C14H22N2OS/c1-8(2)14(4)12(17)15-13(18-14)16-9(3)10-5-6-11(16)7-10/h8-11H,5-7H2,1-4H3/t9-,10-,11+,14+/m1/s1. The van der Waals surface area contributed by atoms with Gasteiger partial charge in [-0.3, -0.25) is 4.79 Å². The molecule has 2 bridgehead atoms. The zero-order valence-electron chi connectivity index (χ0n) is 11.6. The third-order valence-electron chi connectivity index (χ3n) is 5.21. The van der Waals surface area contributed by atoms with Crippen molar-refractivity contribution >= 4 is 22.8 Å². The number of rotatable bonds is 1. The lowest BCUT2D eigenvalue weighted by Gasteiger charge is -2.35. The minimum absolute atomic E-state index is 0.0625. The van der Waals surface area contributed by atoms with Gasteiger partial charge >= 0.3 is 0 Å². The van der Waals surface area contributed by atoms with Gasteiger partial charge in [-0.05, 0) is 44.9 Å². The van der Waals surface area contributed by atoms with Crippen LogP contribution in [0, 0.1) is 11.8 Å². The lowest BCUT2D eigenvalue weighted by molar-refractivity contribution is -0.120. The molecule has 1 amide bonds. The first-order valence-electron chi connectivity index (χ1n) is 7.04. The van der Waals surface area contributed by atoms with Crippen LogP contribution in [0.1, 0.15) is 47.0 Å². The number of piperidine rings is 1. The van der Waals surface area contributed by atoms with Gasteiger partial charge in [0.25, 0.3) is 5.91 Å². The summed E-state index contributed by atoms with van der Waals surface area (Å²) >= 11 is 1.70. The van der Waals surface area contributed by atoms with Gasteiger partial charge in [-0.25, -0.2) is 0 Å². The Kier molecular flexibility index (Phi) is 2.78. The molecule has 3 nitrogen and oxygen atoms in total. The van der Waals surface area contributed by atoms with E-state index < -0.39 is 0 Å². The number of fused-ring (bicyclic) bond motifs is 2. The first-order chi connectivity index (χ1) is 8.43. The van der Waals surface area contributed by atoms with Gasteiger partial charge in [-0.15, -0.1) is 0 Å². The van der Waals surface area contributed by atoms with Gasteiger partial charge in [0, 0.05) is 12.1 Å². The van der Waals surface area contributed by atoms with Crippen LogP contribution >= 0.6 is 11.8 Å². The second kappa shape index (κ2) is 3.99. The van der Waals surface area contributed by atoms with E-state index >= 15 is 0 Å². The van der Waals surface area contributed by atoms with Crippen molar-refractivity contribution in [3.8, 4) is 0 Å². The third kappa shape index (κ3) is 1.57. The highest BCUT2D eigenvalue weighted by atomic mass is 32.2. The summed E-state index contributed by atoms with van der Waals surface area (Å²) in [5.41, 5.74) is 0. The number of nitrogens with zero attached hydrogens (tertiary/aromatic N) is 2. The van der Waals surface area contributed by atoms with Crippen LogP contribution in [0.5, 0.6) is 0 Å². The average Bonchev–Trinajstić information content (AvgIpc) is 2.94. The Morgan fingerprint density at radius 2 is 2.17 bits per heavy atom. The SMILES string of the molecule is CC(C)[C@]1(C)SC(N2[C@H]3CC[C@H](C3)[C@H]2C)=NC1=O. The maximum atomic E-state index is 12.2. The monoisotopic (exact) mass is 266 g/mol. The molecule has 100 valence electrons. The van der Waals surface area contributed by atoms with Gasteiger partial charge < -0.3 is 4.90 Å². The zero-order chi connectivity index (χ0) is 13.1. The molecule has 4 heteroatoms. The maximum absolute atomic E-state index is 12.2. The molecule has 2 aliphatic heterocycles. The van der Waals surface area contributed by atoms with Gasteiger partial charge in [0.15, 0.2) is 5.17 Å². The smallest absolute Gasteiger partial charge is 0.264 e. The van der Waals surface area contributed by atoms with E-state index in [2.05, 4.69) is 30.7 Å². The summed E-state index contributed by atoms with van der Waals surface area (Å²) in [6.07, 6.45) is 3.93. The number of carbonyl (C=O) groups is 1. The normalized spacial score (nSPS) is 43.2. The summed E-state index contributed by atoms with van der Waals surface area (Å²) in [4.78, 5) is 19.0. The molecule has 2 heterocycles. The maximum Gasteiger partial charge on any atom is 0.264 e. The highest BCUT2D eigenvalue weighted by molar-refractivity contribution is 8.16. The fourth-order valence-corrected chi connectivity index (χ4v) is 4.80. The number of aliphatic imine (C=N–C) groups is 1. The van der Waals surface area contributed by atoms with Crippen molar-refractivity contribution in [1.82, 2.24) is 4.90 Å². The van der Waals surface area contributed by atoms with Gasteiger partial charge in [-0.2, -0.15) is 4.99 Å². The topological polar surface area (TPSA) is 32.7 Å². The summed E-state index contributed by atoms with van der Waals surface area (Å²) < 4.78 is -0.350. The van der Waals surface area contributed by atoms with E-state index in [-0.39, 0.29) is 10.7 Å². The Bertz CT molecular complexity index is 418. The van der Waals surface area contributed by atoms with E-state index in [0.29, 0.717) is 18.0 Å². The highest BCUT2D eigenvalue weighted by Crippen LogP contribution is 2.48. The molecular weight excluding hydrogens is 244 g/mol. The van der Waals surface area contributed by atoms with Crippen molar-refractivity contribution in [3.05, 3.63) is 0 Å². The molecule has 3 aliphatic rings. The fourth-order valence-electron chi connectivity index (χ4n) is 3.50. The van der Waals surface area contributed by atoms with Crippen molar-refractivity contribution in [3.63, 3.8) is 0 Å². The van der Waals surface area contributed by atoms with Gasteiger partial charge in [0.05, 0.1) is 0 Å². The Hall–Kier alpha value is -0.510. The molecule has 0 N–H and O–H groups in total. The Labute approximate surface area is 113 Å². The lowest BCUT2D eigenvalue weighted by atomic mass is 9.96. The van der Waals surface area contributed by atoms with Crippen molar-refractivity contribution in [2.24, 2.45) is 16.8 Å². The van der Waals surface area contributed by atoms with Crippen LogP contribution in [0.4, 0.5) is 0 Å². The molecule has 0 aromatic carbocycles. The molecule has 1 saturated heterocycles. The van der Waals surface area contributed by atoms with Crippen molar-refractivity contribution < 1.29 is 4.79 Å². The third-order valence-corrected chi connectivity index (χ3v) is 6.76. The predicted molar refractivity (Wildman–Crippen MR) is 75.7 cm³/mol.